The number of nitrogens with two attached hydrogens (primary N) is 1. The van der Waals surface area contributed by atoms with Gasteiger partial charge in [0.2, 0.25) is 5.91 Å². The van der Waals surface area contributed by atoms with E-state index < -0.39 is 0 Å². The molecule has 0 aromatic rings. The van der Waals surface area contributed by atoms with Crippen molar-refractivity contribution < 1.29 is 4.79 Å². The van der Waals surface area contributed by atoms with E-state index in [0.717, 1.165) is 0 Å². The number of rotatable bonds is 2. The average Bonchev–Trinajstić information content (AvgIpc) is 1.84. The molecule has 0 bridgehead atoms. The number of hydrogen-bond donors (Lipinski definition) is 1. The van der Waals surface area contributed by atoms with Gasteiger partial charge in [-0.15, -0.1) is 0 Å². The second-order valence-electron chi connectivity index (χ2n) is 1.53. The van der Waals surface area contributed by atoms with Crippen molar-refractivity contribution in [3.63, 3.8) is 0 Å². The van der Waals surface area contributed by atoms with E-state index >= 15 is 0 Å². The Morgan fingerprint density at radius 2 is 2.12 bits per heavy atom. The topological polar surface area (TPSA) is 46.3 Å². The van der Waals surface area contributed by atoms with Crippen LogP contribution in [0.1, 0.15) is 20.3 Å². The second-order valence-corrected chi connectivity index (χ2v) is 1.53. The molecular weight excluding hydrogens is 104 g/mol. The first-order chi connectivity index (χ1) is 3.72. The standard InChI is InChI=1S/C5H12N2O/c1-3-5(8)7(6)4-2/h3-4,6H2,1-2H3. The molecule has 8 heavy (non-hydrogen) atoms. The lowest BCUT2D eigenvalue weighted by molar-refractivity contribution is -0.130. The largest absolute Gasteiger partial charge is 0.281 e. The molecule has 0 aromatic heterocycles. The van der Waals surface area contributed by atoms with E-state index in [0.29, 0.717) is 13.0 Å². The SMILES string of the molecule is CCC(=O)N(N)CC. The van der Waals surface area contributed by atoms with Crippen LogP contribution < -0.4 is 5.84 Å². The van der Waals surface area contributed by atoms with E-state index in [2.05, 4.69) is 0 Å². The first-order valence-corrected chi connectivity index (χ1v) is 2.77. The number of hydrazine groups is 1. The highest BCUT2D eigenvalue weighted by atomic mass is 16.2. The van der Waals surface area contributed by atoms with Gasteiger partial charge in [-0.1, -0.05) is 6.92 Å². The minimum absolute atomic E-state index is 0.00694. The first-order valence-electron chi connectivity index (χ1n) is 2.77. The van der Waals surface area contributed by atoms with Crippen LogP contribution in [0.2, 0.25) is 0 Å². The quantitative estimate of drug-likeness (QED) is 0.316. The molecule has 0 aromatic carbocycles. The third-order valence-corrected chi connectivity index (χ3v) is 0.963. The van der Waals surface area contributed by atoms with Gasteiger partial charge in [-0.3, -0.25) is 9.80 Å². The monoisotopic (exact) mass is 116 g/mol. The third kappa shape index (κ3) is 1.93. The summed E-state index contributed by atoms with van der Waals surface area (Å²) in [5.41, 5.74) is 0. The van der Waals surface area contributed by atoms with E-state index in [1.165, 1.54) is 5.01 Å². The fraction of sp³-hybridized carbons (Fsp3) is 0.800. The van der Waals surface area contributed by atoms with Gasteiger partial charge in [0.15, 0.2) is 0 Å². The highest BCUT2D eigenvalue weighted by Crippen LogP contribution is 1.82. The van der Waals surface area contributed by atoms with E-state index in [-0.39, 0.29) is 5.91 Å². The Hall–Kier alpha value is -0.570. The van der Waals surface area contributed by atoms with Gasteiger partial charge in [0.25, 0.3) is 0 Å². The molecule has 0 unspecified atom stereocenters. The maximum Gasteiger partial charge on any atom is 0.236 e. The van der Waals surface area contributed by atoms with Crippen molar-refractivity contribution in [1.29, 1.82) is 0 Å². The molecule has 0 radical (unpaired) electrons. The molecule has 48 valence electrons. The summed E-state index contributed by atoms with van der Waals surface area (Å²) in [6.07, 6.45) is 0.490. The van der Waals surface area contributed by atoms with Crippen LogP contribution in [0.5, 0.6) is 0 Å². The van der Waals surface area contributed by atoms with Crippen LogP contribution in [0.4, 0.5) is 0 Å². The summed E-state index contributed by atoms with van der Waals surface area (Å²) in [5, 5.41) is 1.21. The zero-order chi connectivity index (χ0) is 6.57. The molecule has 0 aliphatic rings. The third-order valence-electron chi connectivity index (χ3n) is 0.963. The molecule has 0 aliphatic heterocycles. The molecule has 0 heterocycles. The van der Waals surface area contributed by atoms with E-state index in [9.17, 15) is 4.79 Å². The summed E-state index contributed by atoms with van der Waals surface area (Å²) >= 11 is 0. The molecule has 0 aliphatic carbocycles. The number of carbonyl (C=O) groups is 1. The van der Waals surface area contributed by atoms with Gasteiger partial charge in [0, 0.05) is 13.0 Å². The van der Waals surface area contributed by atoms with Crippen molar-refractivity contribution in [2.45, 2.75) is 20.3 Å². The van der Waals surface area contributed by atoms with Gasteiger partial charge < -0.3 is 0 Å². The number of amides is 1. The van der Waals surface area contributed by atoms with E-state index in [1.807, 2.05) is 6.92 Å². The van der Waals surface area contributed by atoms with Crippen LogP contribution in [0.15, 0.2) is 0 Å². The zero-order valence-corrected chi connectivity index (χ0v) is 5.35. The lowest BCUT2D eigenvalue weighted by atomic mass is 10.4. The Morgan fingerprint density at radius 3 is 2.25 bits per heavy atom. The number of nitrogens with zero attached hydrogens (tertiary/aromatic N) is 1. The Morgan fingerprint density at radius 1 is 1.62 bits per heavy atom. The summed E-state index contributed by atoms with van der Waals surface area (Å²) in [6.45, 7) is 4.22. The minimum atomic E-state index is -0.00694. The van der Waals surface area contributed by atoms with Crippen molar-refractivity contribution in [2.75, 3.05) is 6.54 Å². The average molecular weight is 116 g/mol. The zero-order valence-electron chi connectivity index (χ0n) is 5.35. The van der Waals surface area contributed by atoms with Crippen LogP contribution in [-0.4, -0.2) is 17.5 Å². The number of carbonyl (C=O) groups excluding carboxylic acids is 1. The van der Waals surface area contributed by atoms with Crippen molar-refractivity contribution in [2.24, 2.45) is 5.84 Å². The van der Waals surface area contributed by atoms with E-state index in [4.69, 9.17) is 5.84 Å². The van der Waals surface area contributed by atoms with Gasteiger partial charge in [0.05, 0.1) is 0 Å². The second kappa shape index (κ2) is 3.43. The lowest BCUT2D eigenvalue weighted by Gasteiger charge is -2.11. The Balaban J connectivity index is 3.46. The smallest absolute Gasteiger partial charge is 0.236 e. The van der Waals surface area contributed by atoms with Gasteiger partial charge in [-0.25, -0.2) is 5.84 Å². The Bertz CT molecular complexity index is 82.5. The van der Waals surface area contributed by atoms with E-state index in [1.54, 1.807) is 6.92 Å². The molecule has 0 saturated heterocycles. The Kier molecular flexibility index (Phi) is 3.19. The molecule has 3 nitrogen and oxygen atoms in total. The molecule has 1 amide bonds. The molecule has 0 rings (SSSR count). The molecular formula is C5H12N2O. The molecule has 0 fully saturated rings. The van der Waals surface area contributed by atoms with Crippen LogP contribution in [0, 0.1) is 0 Å². The fourth-order valence-electron chi connectivity index (χ4n) is 0.379. The van der Waals surface area contributed by atoms with Crippen molar-refractivity contribution in [3.05, 3.63) is 0 Å². The van der Waals surface area contributed by atoms with Crippen LogP contribution in [0.25, 0.3) is 0 Å². The predicted molar refractivity (Wildman–Crippen MR) is 31.9 cm³/mol. The summed E-state index contributed by atoms with van der Waals surface area (Å²) < 4.78 is 0. The first kappa shape index (κ1) is 7.43. The van der Waals surface area contributed by atoms with Crippen molar-refractivity contribution in [3.8, 4) is 0 Å². The van der Waals surface area contributed by atoms with Crippen LogP contribution >= 0.6 is 0 Å². The summed E-state index contributed by atoms with van der Waals surface area (Å²) in [6, 6.07) is 0. The normalized spacial score (nSPS) is 8.88. The minimum Gasteiger partial charge on any atom is -0.281 e. The number of hydrogen-bond acceptors (Lipinski definition) is 2. The summed E-state index contributed by atoms with van der Waals surface area (Å²) in [7, 11) is 0. The fourth-order valence-corrected chi connectivity index (χ4v) is 0.379. The maximum absolute atomic E-state index is 10.5. The molecule has 3 heteroatoms. The van der Waals surface area contributed by atoms with Gasteiger partial charge in [0.1, 0.15) is 0 Å². The van der Waals surface area contributed by atoms with Gasteiger partial charge in [-0.2, -0.15) is 0 Å². The molecule has 0 atom stereocenters. The highest BCUT2D eigenvalue weighted by Gasteiger charge is 2.00. The summed E-state index contributed by atoms with van der Waals surface area (Å²) in [5.74, 6) is 5.20. The molecule has 2 N–H and O–H groups in total. The summed E-state index contributed by atoms with van der Waals surface area (Å²) in [4.78, 5) is 10.5. The predicted octanol–water partition coefficient (Wildman–Crippen LogP) is 0.119. The van der Waals surface area contributed by atoms with Crippen molar-refractivity contribution in [1.82, 2.24) is 5.01 Å². The molecule has 0 saturated carbocycles. The van der Waals surface area contributed by atoms with Crippen molar-refractivity contribution >= 4 is 5.91 Å². The lowest BCUT2D eigenvalue weighted by Crippen LogP contribution is -2.36. The Labute approximate surface area is 49.4 Å². The van der Waals surface area contributed by atoms with Gasteiger partial charge >= 0.3 is 0 Å². The van der Waals surface area contributed by atoms with Crippen LogP contribution in [0.3, 0.4) is 0 Å². The molecule has 0 spiro atoms. The van der Waals surface area contributed by atoms with Crippen LogP contribution in [-0.2, 0) is 4.79 Å². The maximum atomic E-state index is 10.5. The van der Waals surface area contributed by atoms with Gasteiger partial charge in [-0.05, 0) is 6.92 Å². The highest BCUT2D eigenvalue weighted by molar-refractivity contribution is 5.74.